The van der Waals surface area contributed by atoms with Crippen LogP contribution in [0.5, 0.6) is 0 Å². The minimum absolute atomic E-state index is 0.154. The van der Waals surface area contributed by atoms with Gasteiger partial charge in [-0.25, -0.2) is 4.63 Å². The molecule has 6 heteroatoms. The topological polar surface area (TPSA) is 71.3 Å². The van der Waals surface area contributed by atoms with E-state index in [4.69, 9.17) is 0 Å². The molecule has 0 fully saturated rings. The van der Waals surface area contributed by atoms with E-state index in [1.54, 1.807) is 0 Å². The van der Waals surface area contributed by atoms with E-state index in [0.717, 1.165) is 5.69 Å². The van der Waals surface area contributed by atoms with Crippen molar-refractivity contribution in [1.29, 1.82) is 0 Å². The van der Waals surface area contributed by atoms with Gasteiger partial charge in [-0.2, -0.15) is 0 Å². The molecule has 1 aromatic carbocycles. The molecule has 0 bridgehead atoms. The minimum atomic E-state index is -0.344. The maximum atomic E-state index is 11.6. The molecule has 0 aliphatic heterocycles. The van der Waals surface area contributed by atoms with Gasteiger partial charge in [0.2, 0.25) is 0 Å². The highest BCUT2D eigenvalue weighted by atomic mass is 16.6. The number of hydrogen-bond donors (Lipinski definition) is 1. The first-order chi connectivity index (χ1) is 8.16. The Labute approximate surface area is 98.2 Å². The highest BCUT2D eigenvalue weighted by molar-refractivity contribution is 6.02. The van der Waals surface area contributed by atoms with Crippen LogP contribution in [-0.2, 0) is 0 Å². The SMILES string of the molecule is CN(C)c1ccc(NC(=O)c2cnon2)cc1. The molecule has 2 rings (SSSR count). The molecule has 0 saturated carbocycles. The van der Waals surface area contributed by atoms with Crippen molar-refractivity contribution in [2.45, 2.75) is 0 Å². The Morgan fingerprint density at radius 2 is 2.00 bits per heavy atom. The normalized spacial score (nSPS) is 10.0. The second kappa shape index (κ2) is 4.65. The summed E-state index contributed by atoms with van der Waals surface area (Å²) in [5.74, 6) is -0.344. The summed E-state index contributed by atoms with van der Waals surface area (Å²) >= 11 is 0. The lowest BCUT2D eigenvalue weighted by Crippen LogP contribution is -2.12. The summed E-state index contributed by atoms with van der Waals surface area (Å²) in [5, 5.41) is 9.51. The lowest BCUT2D eigenvalue weighted by molar-refractivity contribution is 0.101. The van der Waals surface area contributed by atoms with Gasteiger partial charge in [0.1, 0.15) is 6.20 Å². The molecular formula is C11H12N4O2. The van der Waals surface area contributed by atoms with Crippen molar-refractivity contribution in [3.63, 3.8) is 0 Å². The summed E-state index contributed by atoms with van der Waals surface area (Å²) in [4.78, 5) is 13.6. The zero-order valence-electron chi connectivity index (χ0n) is 9.54. The van der Waals surface area contributed by atoms with Crippen LogP contribution in [0.2, 0.25) is 0 Å². The monoisotopic (exact) mass is 232 g/mol. The predicted octanol–water partition coefficient (Wildman–Crippen LogP) is 1.39. The van der Waals surface area contributed by atoms with Crippen molar-refractivity contribution in [2.75, 3.05) is 24.3 Å². The second-order valence-corrected chi connectivity index (χ2v) is 3.69. The van der Waals surface area contributed by atoms with Crippen molar-refractivity contribution >= 4 is 17.3 Å². The molecule has 1 aromatic heterocycles. The van der Waals surface area contributed by atoms with Gasteiger partial charge in [0, 0.05) is 25.5 Å². The number of rotatable bonds is 3. The maximum Gasteiger partial charge on any atom is 0.279 e. The van der Waals surface area contributed by atoms with Crippen LogP contribution < -0.4 is 10.2 Å². The molecule has 17 heavy (non-hydrogen) atoms. The first-order valence-corrected chi connectivity index (χ1v) is 5.03. The summed E-state index contributed by atoms with van der Waals surface area (Å²) < 4.78 is 4.36. The van der Waals surface area contributed by atoms with E-state index in [0.29, 0.717) is 5.69 Å². The molecule has 6 nitrogen and oxygen atoms in total. The molecule has 2 aromatic rings. The van der Waals surface area contributed by atoms with Crippen LogP contribution in [0.15, 0.2) is 35.1 Å². The first-order valence-electron chi connectivity index (χ1n) is 5.03. The van der Waals surface area contributed by atoms with Crippen LogP contribution in [0.25, 0.3) is 0 Å². The molecule has 88 valence electrons. The molecule has 1 N–H and O–H groups in total. The van der Waals surface area contributed by atoms with E-state index in [1.165, 1.54) is 6.20 Å². The van der Waals surface area contributed by atoms with Gasteiger partial charge >= 0.3 is 0 Å². The van der Waals surface area contributed by atoms with Crippen LogP contribution in [0.1, 0.15) is 10.5 Å². The zero-order valence-corrected chi connectivity index (χ0v) is 9.54. The van der Waals surface area contributed by atoms with Gasteiger partial charge in [0.15, 0.2) is 5.69 Å². The van der Waals surface area contributed by atoms with Crippen LogP contribution in [0.4, 0.5) is 11.4 Å². The molecule has 0 aliphatic carbocycles. The molecule has 0 aliphatic rings. The number of nitrogens with one attached hydrogen (secondary N) is 1. The van der Waals surface area contributed by atoms with Gasteiger partial charge in [0.05, 0.1) is 0 Å². The lowest BCUT2D eigenvalue weighted by Gasteiger charge is -2.12. The van der Waals surface area contributed by atoms with Crippen molar-refractivity contribution in [3.8, 4) is 0 Å². The fourth-order valence-electron chi connectivity index (χ4n) is 1.30. The average molecular weight is 232 g/mol. The lowest BCUT2D eigenvalue weighted by atomic mass is 10.2. The molecule has 0 unspecified atom stereocenters. The van der Waals surface area contributed by atoms with Crippen molar-refractivity contribution in [1.82, 2.24) is 10.3 Å². The molecular weight excluding hydrogens is 220 g/mol. The Hall–Kier alpha value is -2.37. The van der Waals surface area contributed by atoms with Crippen LogP contribution in [0, 0.1) is 0 Å². The number of carbonyl (C=O) groups excluding carboxylic acids is 1. The van der Waals surface area contributed by atoms with Crippen LogP contribution in [0.3, 0.4) is 0 Å². The van der Waals surface area contributed by atoms with Crippen LogP contribution in [-0.4, -0.2) is 30.3 Å². The van der Waals surface area contributed by atoms with E-state index in [1.807, 2.05) is 43.3 Å². The van der Waals surface area contributed by atoms with Gasteiger partial charge in [-0.3, -0.25) is 4.79 Å². The number of nitrogens with zero attached hydrogens (tertiary/aromatic N) is 3. The van der Waals surface area contributed by atoms with Gasteiger partial charge in [0.25, 0.3) is 5.91 Å². The van der Waals surface area contributed by atoms with Gasteiger partial charge in [-0.1, -0.05) is 5.16 Å². The molecule has 0 spiro atoms. The van der Waals surface area contributed by atoms with Crippen molar-refractivity contribution in [3.05, 3.63) is 36.2 Å². The van der Waals surface area contributed by atoms with E-state index >= 15 is 0 Å². The molecule has 0 atom stereocenters. The van der Waals surface area contributed by atoms with Gasteiger partial charge < -0.3 is 10.2 Å². The quantitative estimate of drug-likeness (QED) is 0.865. The highest BCUT2D eigenvalue weighted by Gasteiger charge is 2.09. The maximum absolute atomic E-state index is 11.6. The Morgan fingerprint density at radius 1 is 1.29 bits per heavy atom. The van der Waals surface area contributed by atoms with E-state index < -0.39 is 0 Å². The highest BCUT2D eigenvalue weighted by Crippen LogP contribution is 2.15. The summed E-state index contributed by atoms with van der Waals surface area (Å²) in [6.45, 7) is 0. The van der Waals surface area contributed by atoms with Gasteiger partial charge in [-0.05, 0) is 29.4 Å². The largest absolute Gasteiger partial charge is 0.378 e. The third-order valence-electron chi connectivity index (χ3n) is 2.24. The van der Waals surface area contributed by atoms with Crippen LogP contribution >= 0.6 is 0 Å². The van der Waals surface area contributed by atoms with Crippen molar-refractivity contribution < 1.29 is 9.42 Å². The number of amides is 1. The Balaban J connectivity index is 2.07. The third kappa shape index (κ3) is 2.60. The number of anilines is 2. The molecule has 0 saturated heterocycles. The Bertz CT molecular complexity index is 491. The number of aromatic nitrogens is 2. The Morgan fingerprint density at radius 3 is 2.53 bits per heavy atom. The van der Waals surface area contributed by atoms with E-state index in [-0.39, 0.29) is 11.6 Å². The smallest absolute Gasteiger partial charge is 0.279 e. The standard InChI is InChI=1S/C11H12N4O2/c1-15(2)9-5-3-8(4-6-9)13-11(16)10-7-12-17-14-10/h3-7H,1-2H3,(H,13,16). The summed E-state index contributed by atoms with van der Waals surface area (Å²) in [6, 6.07) is 7.47. The fraction of sp³-hybridized carbons (Fsp3) is 0.182. The molecule has 1 heterocycles. The number of hydrogen-bond acceptors (Lipinski definition) is 5. The summed E-state index contributed by atoms with van der Waals surface area (Å²) in [6.07, 6.45) is 1.27. The second-order valence-electron chi connectivity index (χ2n) is 3.69. The van der Waals surface area contributed by atoms with Gasteiger partial charge in [-0.15, -0.1) is 0 Å². The summed E-state index contributed by atoms with van der Waals surface area (Å²) in [7, 11) is 3.91. The number of carbonyl (C=O) groups is 1. The van der Waals surface area contributed by atoms with Crippen molar-refractivity contribution in [2.24, 2.45) is 0 Å². The average Bonchev–Trinajstić information content (AvgIpc) is 2.83. The van der Waals surface area contributed by atoms with E-state index in [9.17, 15) is 4.79 Å². The summed E-state index contributed by atoms with van der Waals surface area (Å²) in [5.41, 5.74) is 1.91. The Kier molecular flexibility index (Phi) is 3.04. The zero-order chi connectivity index (χ0) is 12.3. The first kappa shape index (κ1) is 11.1. The predicted molar refractivity (Wildman–Crippen MR) is 63.0 cm³/mol. The molecule has 1 amide bonds. The minimum Gasteiger partial charge on any atom is -0.378 e. The fourth-order valence-corrected chi connectivity index (χ4v) is 1.30. The molecule has 0 radical (unpaired) electrons. The van der Waals surface area contributed by atoms with E-state index in [2.05, 4.69) is 20.3 Å². The third-order valence-corrected chi connectivity index (χ3v) is 2.24. The number of benzene rings is 1.